The van der Waals surface area contributed by atoms with Gasteiger partial charge in [0, 0.05) is 4.90 Å². The molecule has 0 fully saturated rings. The minimum absolute atomic E-state index is 1.21. The molecule has 0 aliphatic heterocycles. The molecular formula is C14H16S. The van der Waals surface area contributed by atoms with Crippen LogP contribution in [0.1, 0.15) is 12.5 Å². The molecule has 0 bridgehead atoms. The maximum atomic E-state index is 3.75. The van der Waals surface area contributed by atoms with Crippen LogP contribution in [0.2, 0.25) is 0 Å². The van der Waals surface area contributed by atoms with Crippen molar-refractivity contribution in [2.45, 2.75) is 11.8 Å². The Hall–Kier alpha value is -1.21. The summed E-state index contributed by atoms with van der Waals surface area (Å²) in [5, 5.41) is 0. The van der Waals surface area contributed by atoms with Crippen molar-refractivity contribution in [1.29, 1.82) is 0 Å². The van der Waals surface area contributed by atoms with Crippen LogP contribution in [-0.4, -0.2) is 6.26 Å². The molecule has 1 heteroatoms. The van der Waals surface area contributed by atoms with Crippen molar-refractivity contribution in [2.75, 3.05) is 6.26 Å². The number of hydrogen-bond acceptors (Lipinski definition) is 1. The fourth-order valence-electron chi connectivity index (χ4n) is 1.42. The summed E-state index contributed by atoms with van der Waals surface area (Å²) in [6.45, 7) is 5.77. The van der Waals surface area contributed by atoms with Gasteiger partial charge in [-0.25, -0.2) is 0 Å². The van der Waals surface area contributed by atoms with Gasteiger partial charge in [0.2, 0.25) is 0 Å². The van der Waals surface area contributed by atoms with E-state index in [1.807, 2.05) is 25.2 Å². The summed E-state index contributed by atoms with van der Waals surface area (Å²) in [6, 6.07) is 8.41. The minimum atomic E-state index is 1.21. The lowest BCUT2D eigenvalue weighted by Crippen LogP contribution is -1.84. The summed E-state index contributed by atoms with van der Waals surface area (Å²) in [7, 11) is 0. The van der Waals surface area contributed by atoms with E-state index in [0.29, 0.717) is 0 Å². The second-order valence-corrected chi connectivity index (χ2v) is 3.91. The Morgan fingerprint density at radius 1 is 1.33 bits per heavy atom. The zero-order valence-electron chi connectivity index (χ0n) is 9.23. The molecule has 0 radical (unpaired) electrons. The Morgan fingerprint density at radius 3 is 2.67 bits per heavy atom. The number of thioether (sulfide) groups is 1. The first-order valence-corrected chi connectivity index (χ1v) is 6.14. The van der Waals surface area contributed by atoms with Crippen LogP contribution < -0.4 is 0 Å². The van der Waals surface area contributed by atoms with E-state index in [1.165, 1.54) is 16.0 Å². The zero-order valence-corrected chi connectivity index (χ0v) is 10.1. The summed E-state index contributed by atoms with van der Waals surface area (Å²) in [4.78, 5) is 1.30. The van der Waals surface area contributed by atoms with Crippen molar-refractivity contribution in [3.8, 4) is 0 Å². The average molecular weight is 216 g/mol. The second kappa shape index (κ2) is 6.31. The molecule has 0 unspecified atom stereocenters. The van der Waals surface area contributed by atoms with Crippen molar-refractivity contribution in [2.24, 2.45) is 0 Å². The van der Waals surface area contributed by atoms with Crippen molar-refractivity contribution < 1.29 is 0 Å². The van der Waals surface area contributed by atoms with E-state index >= 15 is 0 Å². The quantitative estimate of drug-likeness (QED) is 0.525. The fraction of sp³-hybridized carbons (Fsp3) is 0.143. The van der Waals surface area contributed by atoms with Crippen molar-refractivity contribution in [3.05, 3.63) is 60.7 Å². The molecule has 0 aliphatic rings. The lowest BCUT2D eigenvalue weighted by molar-refractivity contribution is 1.40. The highest BCUT2D eigenvalue weighted by molar-refractivity contribution is 7.98. The molecule has 0 amide bonds. The summed E-state index contributed by atoms with van der Waals surface area (Å²) in [5.41, 5.74) is 2.47. The van der Waals surface area contributed by atoms with Gasteiger partial charge in [-0.1, -0.05) is 49.1 Å². The van der Waals surface area contributed by atoms with Crippen LogP contribution in [0.15, 0.2) is 60.0 Å². The molecule has 0 saturated heterocycles. The Labute approximate surface area is 96.4 Å². The topological polar surface area (TPSA) is 0 Å². The van der Waals surface area contributed by atoms with Crippen LogP contribution in [0.4, 0.5) is 0 Å². The van der Waals surface area contributed by atoms with E-state index in [1.54, 1.807) is 11.8 Å². The molecule has 15 heavy (non-hydrogen) atoms. The molecule has 1 aromatic rings. The van der Waals surface area contributed by atoms with Gasteiger partial charge in [-0.15, -0.1) is 11.8 Å². The molecule has 0 nitrogen and oxygen atoms in total. The molecular weight excluding hydrogens is 200 g/mol. The normalized spacial score (nSPS) is 12.0. The molecule has 1 aromatic carbocycles. The predicted molar refractivity (Wildman–Crippen MR) is 71.2 cm³/mol. The van der Waals surface area contributed by atoms with E-state index in [9.17, 15) is 0 Å². The van der Waals surface area contributed by atoms with Gasteiger partial charge in [0.25, 0.3) is 0 Å². The molecule has 0 aliphatic carbocycles. The van der Waals surface area contributed by atoms with Gasteiger partial charge in [-0.05, 0) is 30.4 Å². The predicted octanol–water partition coefficient (Wildman–Crippen LogP) is 4.55. The van der Waals surface area contributed by atoms with Gasteiger partial charge in [0.15, 0.2) is 0 Å². The number of allylic oxidation sites excluding steroid dienone is 5. The number of benzene rings is 1. The van der Waals surface area contributed by atoms with Crippen LogP contribution in [-0.2, 0) is 0 Å². The summed E-state index contributed by atoms with van der Waals surface area (Å²) < 4.78 is 0. The fourth-order valence-corrected chi connectivity index (χ4v) is 2.05. The highest BCUT2D eigenvalue weighted by atomic mass is 32.2. The third-order valence-corrected chi connectivity index (χ3v) is 2.86. The first-order valence-electron chi connectivity index (χ1n) is 4.92. The van der Waals surface area contributed by atoms with E-state index in [2.05, 4.69) is 43.2 Å². The summed E-state index contributed by atoms with van der Waals surface area (Å²) in [5.74, 6) is 0. The minimum Gasteiger partial charge on any atom is -0.129 e. The molecule has 1 rings (SSSR count). The molecule has 0 spiro atoms. The van der Waals surface area contributed by atoms with Crippen LogP contribution in [0, 0.1) is 0 Å². The van der Waals surface area contributed by atoms with Crippen LogP contribution in [0.5, 0.6) is 0 Å². The van der Waals surface area contributed by atoms with Gasteiger partial charge in [0.05, 0.1) is 0 Å². The lowest BCUT2D eigenvalue weighted by Gasteiger charge is -2.07. The van der Waals surface area contributed by atoms with Gasteiger partial charge < -0.3 is 0 Å². The van der Waals surface area contributed by atoms with Crippen molar-refractivity contribution in [3.63, 3.8) is 0 Å². The highest BCUT2D eigenvalue weighted by Gasteiger charge is 2.02. The standard InChI is InChI=1S/C14H16S/c1-4-8-12(9-5-2)13-10-6-7-11-14(13)15-3/h4-11H,1H2,2-3H3/b9-5-,12-8+. The van der Waals surface area contributed by atoms with E-state index in [4.69, 9.17) is 0 Å². The maximum absolute atomic E-state index is 3.75. The molecule has 78 valence electrons. The highest BCUT2D eigenvalue weighted by Crippen LogP contribution is 2.27. The largest absolute Gasteiger partial charge is 0.129 e. The number of rotatable bonds is 4. The molecule has 0 saturated carbocycles. The van der Waals surface area contributed by atoms with Crippen LogP contribution in [0.25, 0.3) is 5.57 Å². The number of hydrogen-bond donors (Lipinski definition) is 0. The SMILES string of the molecule is C=C/C=C(\C=C/C)c1ccccc1SC. The Morgan fingerprint density at radius 2 is 2.07 bits per heavy atom. The van der Waals surface area contributed by atoms with E-state index < -0.39 is 0 Å². The van der Waals surface area contributed by atoms with E-state index in [0.717, 1.165) is 0 Å². The van der Waals surface area contributed by atoms with Crippen LogP contribution in [0.3, 0.4) is 0 Å². The Balaban J connectivity index is 3.21. The first kappa shape index (κ1) is 11.9. The molecule has 0 aromatic heterocycles. The smallest absolute Gasteiger partial charge is 0.0148 e. The maximum Gasteiger partial charge on any atom is 0.0148 e. The van der Waals surface area contributed by atoms with Crippen LogP contribution >= 0.6 is 11.8 Å². The third-order valence-electron chi connectivity index (χ3n) is 2.06. The van der Waals surface area contributed by atoms with Crippen molar-refractivity contribution >= 4 is 17.3 Å². The summed E-state index contributed by atoms with van der Waals surface area (Å²) in [6.07, 6.45) is 10.1. The third kappa shape index (κ3) is 3.14. The molecule has 0 N–H and O–H groups in total. The molecule has 0 atom stereocenters. The van der Waals surface area contributed by atoms with Gasteiger partial charge in [-0.2, -0.15) is 0 Å². The molecule has 0 heterocycles. The Kier molecular flexibility index (Phi) is 4.99. The van der Waals surface area contributed by atoms with Gasteiger partial charge in [-0.3, -0.25) is 0 Å². The van der Waals surface area contributed by atoms with E-state index in [-0.39, 0.29) is 0 Å². The monoisotopic (exact) mass is 216 g/mol. The lowest BCUT2D eigenvalue weighted by atomic mass is 10.1. The average Bonchev–Trinajstić information content (AvgIpc) is 2.29. The van der Waals surface area contributed by atoms with Crippen molar-refractivity contribution in [1.82, 2.24) is 0 Å². The van der Waals surface area contributed by atoms with Gasteiger partial charge >= 0.3 is 0 Å². The zero-order chi connectivity index (χ0) is 11.1. The Bertz CT molecular complexity index is 386. The summed E-state index contributed by atoms with van der Waals surface area (Å²) >= 11 is 1.77. The second-order valence-electron chi connectivity index (χ2n) is 3.06. The van der Waals surface area contributed by atoms with Gasteiger partial charge in [0.1, 0.15) is 0 Å². The first-order chi connectivity index (χ1) is 7.33.